The van der Waals surface area contributed by atoms with Gasteiger partial charge in [-0.3, -0.25) is 4.90 Å². The third-order valence-corrected chi connectivity index (χ3v) is 5.93. The zero-order valence-corrected chi connectivity index (χ0v) is 16.0. The smallest absolute Gasteiger partial charge is 0.414 e. The summed E-state index contributed by atoms with van der Waals surface area (Å²) < 4.78 is 32.8. The van der Waals surface area contributed by atoms with E-state index in [9.17, 15) is 13.2 Å². The molecule has 6 nitrogen and oxygen atoms in total. The number of nitrogens with zero attached hydrogens (tertiary/aromatic N) is 1. The zero-order chi connectivity index (χ0) is 18.9. The average molecular weight is 395 g/mol. The first-order valence-electron chi connectivity index (χ1n) is 8.07. The van der Waals surface area contributed by atoms with E-state index in [1.807, 2.05) is 13.0 Å². The zero-order valence-electron chi connectivity index (χ0n) is 14.4. The summed E-state index contributed by atoms with van der Waals surface area (Å²) in [5.41, 5.74) is 2.27. The summed E-state index contributed by atoms with van der Waals surface area (Å²) >= 11 is 5.95. The number of hydrogen-bond donors (Lipinski definition) is 1. The molecule has 1 atom stereocenters. The Hall–Kier alpha value is -2.09. The quantitative estimate of drug-likeness (QED) is 0.844. The molecule has 1 fully saturated rings. The summed E-state index contributed by atoms with van der Waals surface area (Å²) in [6.45, 7) is 3.89. The lowest BCUT2D eigenvalue weighted by Gasteiger charge is -2.14. The Balaban J connectivity index is 1.68. The Labute approximate surface area is 157 Å². The second-order valence-electron chi connectivity index (χ2n) is 6.22. The van der Waals surface area contributed by atoms with Crippen molar-refractivity contribution in [1.82, 2.24) is 4.72 Å². The third-order valence-electron chi connectivity index (χ3n) is 4.11. The molecule has 2 aromatic rings. The van der Waals surface area contributed by atoms with Crippen LogP contribution in [-0.2, 0) is 14.8 Å². The van der Waals surface area contributed by atoms with Gasteiger partial charge in [-0.2, -0.15) is 0 Å². The second kappa shape index (κ2) is 7.26. The summed E-state index contributed by atoms with van der Waals surface area (Å²) in [6, 6.07) is 12.0. The maximum atomic E-state index is 12.5. The minimum absolute atomic E-state index is 0.00153. The average Bonchev–Trinajstić information content (AvgIpc) is 2.94. The van der Waals surface area contributed by atoms with Crippen LogP contribution in [0.1, 0.15) is 11.1 Å². The van der Waals surface area contributed by atoms with Gasteiger partial charge in [0.2, 0.25) is 10.0 Å². The highest BCUT2D eigenvalue weighted by Crippen LogP contribution is 2.24. The van der Waals surface area contributed by atoms with E-state index in [4.69, 9.17) is 16.3 Å². The van der Waals surface area contributed by atoms with Crippen LogP contribution in [0.5, 0.6) is 0 Å². The maximum Gasteiger partial charge on any atom is 0.414 e. The molecule has 0 aromatic heterocycles. The van der Waals surface area contributed by atoms with Crippen LogP contribution in [0.25, 0.3) is 0 Å². The number of hydrogen-bond acceptors (Lipinski definition) is 4. The number of nitrogens with one attached hydrogen (secondary N) is 1. The van der Waals surface area contributed by atoms with Gasteiger partial charge in [-0.15, -0.1) is 0 Å². The number of anilines is 1. The molecule has 0 radical (unpaired) electrons. The lowest BCUT2D eigenvalue weighted by Crippen LogP contribution is -2.34. The van der Waals surface area contributed by atoms with E-state index in [-0.39, 0.29) is 18.0 Å². The molecular formula is C18H19ClN2O4S. The molecule has 1 aliphatic rings. The van der Waals surface area contributed by atoms with Crippen LogP contribution < -0.4 is 9.62 Å². The maximum absolute atomic E-state index is 12.5. The highest BCUT2D eigenvalue weighted by molar-refractivity contribution is 7.89. The van der Waals surface area contributed by atoms with Gasteiger partial charge in [0.1, 0.15) is 6.10 Å². The van der Waals surface area contributed by atoms with Gasteiger partial charge in [0.05, 0.1) is 11.4 Å². The third kappa shape index (κ3) is 4.00. The SMILES string of the molecule is Cc1ccc(S(=O)(=O)NCC2CN(c3cccc(Cl)c3)C(=O)O2)c(C)c1. The molecule has 0 spiro atoms. The van der Waals surface area contributed by atoms with Gasteiger partial charge in [-0.05, 0) is 43.7 Å². The highest BCUT2D eigenvalue weighted by atomic mass is 35.5. The molecule has 0 bridgehead atoms. The van der Waals surface area contributed by atoms with Crippen LogP contribution in [0.3, 0.4) is 0 Å². The van der Waals surface area contributed by atoms with Crippen LogP contribution in [-0.4, -0.2) is 33.7 Å². The first-order chi connectivity index (χ1) is 12.3. The molecule has 0 aliphatic carbocycles. The minimum atomic E-state index is -3.68. The van der Waals surface area contributed by atoms with Gasteiger partial charge in [-0.25, -0.2) is 17.9 Å². The Kier molecular flexibility index (Phi) is 5.22. The fraction of sp³-hybridized carbons (Fsp3) is 0.278. The van der Waals surface area contributed by atoms with E-state index in [2.05, 4.69) is 4.72 Å². The highest BCUT2D eigenvalue weighted by Gasteiger charge is 2.33. The molecule has 1 N–H and O–H groups in total. The van der Waals surface area contributed by atoms with Gasteiger partial charge in [0.15, 0.2) is 0 Å². The first kappa shape index (κ1) is 18.7. The molecule has 26 heavy (non-hydrogen) atoms. The van der Waals surface area contributed by atoms with Crippen molar-refractivity contribution in [3.8, 4) is 0 Å². The second-order valence-corrected chi connectivity index (χ2v) is 8.39. The summed E-state index contributed by atoms with van der Waals surface area (Å²) in [5.74, 6) is 0. The predicted octanol–water partition coefficient (Wildman–Crippen LogP) is 3.26. The summed E-state index contributed by atoms with van der Waals surface area (Å²) in [6.07, 6.45) is -1.11. The predicted molar refractivity (Wildman–Crippen MR) is 100 cm³/mol. The van der Waals surface area contributed by atoms with Gasteiger partial charge < -0.3 is 4.74 Å². The van der Waals surface area contributed by atoms with E-state index in [0.717, 1.165) is 5.56 Å². The van der Waals surface area contributed by atoms with Gasteiger partial charge in [0.25, 0.3) is 0 Å². The Morgan fingerprint density at radius 3 is 2.69 bits per heavy atom. The van der Waals surface area contributed by atoms with Gasteiger partial charge >= 0.3 is 6.09 Å². The number of carbonyl (C=O) groups excluding carboxylic acids is 1. The molecule has 1 aliphatic heterocycles. The van der Waals surface area contributed by atoms with Crippen molar-refractivity contribution in [3.63, 3.8) is 0 Å². The number of amides is 1. The van der Waals surface area contributed by atoms with Gasteiger partial charge in [-0.1, -0.05) is 35.4 Å². The van der Waals surface area contributed by atoms with Crippen molar-refractivity contribution < 1.29 is 17.9 Å². The molecule has 138 valence electrons. The monoisotopic (exact) mass is 394 g/mol. The normalized spacial score (nSPS) is 17.4. The number of halogens is 1. The van der Waals surface area contributed by atoms with Crippen LogP contribution in [0, 0.1) is 13.8 Å². The molecule has 2 aromatic carbocycles. The standard InChI is InChI=1S/C18H19ClN2O4S/c1-12-6-7-17(13(2)8-12)26(23,24)20-10-16-11-21(18(22)25-16)15-5-3-4-14(19)9-15/h3-9,16,20H,10-11H2,1-2H3. The van der Waals surface area contributed by atoms with Crippen molar-refractivity contribution >= 4 is 33.4 Å². The van der Waals surface area contributed by atoms with Crippen molar-refractivity contribution in [3.05, 3.63) is 58.6 Å². The van der Waals surface area contributed by atoms with Crippen molar-refractivity contribution in [2.45, 2.75) is 24.8 Å². The van der Waals surface area contributed by atoms with E-state index in [1.54, 1.807) is 43.3 Å². The van der Waals surface area contributed by atoms with E-state index in [0.29, 0.717) is 16.3 Å². The molecule has 1 unspecified atom stereocenters. The molecule has 1 heterocycles. The number of carbonyl (C=O) groups is 1. The van der Waals surface area contributed by atoms with Crippen LogP contribution >= 0.6 is 11.6 Å². The molecule has 1 saturated heterocycles. The lowest BCUT2D eigenvalue weighted by molar-refractivity contribution is 0.143. The van der Waals surface area contributed by atoms with E-state index >= 15 is 0 Å². The van der Waals surface area contributed by atoms with E-state index in [1.165, 1.54) is 4.90 Å². The number of cyclic esters (lactones) is 1. The molecule has 3 rings (SSSR count). The van der Waals surface area contributed by atoms with Crippen molar-refractivity contribution in [2.24, 2.45) is 0 Å². The molecule has 0 saturated carbocycles. The van der Waals surface area contributed by atoms with Crippen LogP contribution in [0.2, 0.25) is 5.02 Å². The van der Waals surface area contributed by atoms with Crippen molar-refractivity contribution in [1.29, 1.82) is 0 Å². The summed E-state index contributed by atoms with van der Waals surface area (Å²) in [4.78, 5) is 13.7. The summed E-state index contributed by atoms with van der Waals surface area (Å²) in [7, 11) is -3.68. The molecule has 8 heteroatoms. The van der Waals surface area contributed by atoms with E-state index < -0.39 is 22.2 Å². The lowest BCUT2D eigenvalue weighted by atomic mass is 10.2. The number of benzene rings is 2. The topological polar surface area (TPSA) is 75.7 Å². The Morgan fingerprint density at radius 2 is 2.00 bits per heavy atom. The van der Waals surface area contributed by atoms with Crippen LogP contribution in [0.4, 0.5) is 10.5 Å². The van der Waals surface area contributed by atoms with Crippen molar-refractivity contribution in [2.75, 3.05) is 18.0 Å². The molecular weight excluding hydrogens is 376 g/mol. The minimum Gasteiger partial charge on any atom is -0.443 e. The number of sulfonamides is 1. The Bertz CT molecular complexity index is 946. The number of rotatable bonds is 5. The fourth-order valence-electron chi connectivity index (χ4n) is 2.86. The number of ether oxygens (including phenoxy) is 1. The summed E-state index contributed by atoms with van der Waals surface area (Å²) in [5, 5.41) is 0.509. The molecule has 1 amide bonds. The fourth-order valence-corrected chi connectivity index (χ4v) is 4.34. The largest absolute Gasteiger partial charge is 0.443 e. The van der Waals surface area contributed by atoms with Gasteiger partial charge in [0, 0.05) is 17.3 Å². The van der Waals surface area contributed by atoms with Crippen LogP contribution in [0.15, 0.2) is 47.4 Å². The number of aryl methyl sites for hydroxylation is 2. The Morgan fingerprint density at radius 1 is 1.23 bits per heavy atom. The first-order valence-corrected chi connectivity index (χ1v) is 9.93.